The Balaban J connectivity index is 1.60. The van der Waals surface area contributed by atoms with Gasteiger partial charge in [0.05, 0.1) is 11.2 Å². The zero-order valence-electron chi connectivity index (χ0n) is 15.0. The lowest BCUT2D eigenvalue weighted by Crippen LogP contribution is -2.15. The second kappa shape index (κ2) is 8.46. The van der Waals surface area contributed by atoms with E-state index in [-0.39, 0.29) is 12.3 Å². The maximum atomic E-state index is 12.2. The standard InChI is InChI=1S/C20H17Cl2N3O3/c1-11-8-13(3-5-14(11)20(23)27)25-18(26)6-7-19-24-10-17(28-19)15-4-2-12(21)9-16(15)22/h2-5,8-10H,6-7H2,1H3,(H2,23,27)(H,25,26). The van der Waals surface area contributed by atoms with Crippen LogP contribution in [-0.4, -0.2) is 16.8 Å². The molecule has 1 aromatic heterocycles. The van der Waals surface area contributed by atoms with Crippen LogP contribution in [0.1, 0.15) is 28.2 Å². The van der Waals surface area contributed by atoms with Crippen LogP contribution in [0.3, 0.4) is 0 Å². The van der Waals surface area contributed by atoms with E-state index in [4.69, 9.17) is 33.4 Å². The molecule has 8 heteroatoms. The van der Waals surface area contributed by atoms with E-state index in [1.807, 2.05) is 0 Å². The van der Waals surface area contributed by atoms with Crippen LogP contribution < -0.4 is 11.1 Å². The third-order valence-electron chi connectivity index (χ3n) is 4.09. The van der Waals surface area contributed by atoms with Crippen molar-refractivity contribution >= 4 is 40.7 Å². The van der Waals surface area contributed by atoms with Crippen molar-refractivity contribution in [3.05, 3.63) is 69.7 Å². The first-order valence-corrected chi connectivity index (χ1v) is 9.19. The summed E-state index contributed by atoms with van der Waals surface area (Å²) >= 11 is 12.1. The van der Waals surface area contributed by atoms with Gasteiger partial charge in [0.2, 0.25) is 11.8 Å². The second-order valence-corrected chi connectivity index (χ2v) is 7.03. The summed E-state index contributed by atoms with van der Waals surface area (Å²) in [6, 6.07) is 10.0. The number of amides is 2. The number of nitrogens with one attached hydrogen (secondary N) is 1. The first-order chi connectivity index (χ1) is 13.3. The van der Waals surface area contributed by atoms with Crippen molar-refractivity contribution in [2.45, 2.75) is 19.8 Å². The Morgan fingerprint density at radius 1 is 1.18 bits per heavy atom. The Labute approximate surface area is 171 Å². The molecular formula is C20H17Cl2N3O3. The molecule has 0 aliphatic heterocycles. The van der Waals surface area contributed by atoms with Crippen LogP contribution in [0.15, 0.2) is 47.0 Å². The van der Waals surface area contributed by atoms with Gasteiger partial charge in [0.15, 0.2) is 11.7 Å². The fourth-order valence-electron chi connectivity index (χ4n) is 2.70. The minimum atomic E-state index is -0.504. The highest BCUT2D eigenvalue weighted by Crippen LogP contribution is 2.30. The largest absolute Gasteiger partial charge is 0.441 e. The van der Waals surface area contributed by atoms with E-state index in [2.05, 4.69) is 10.3 Å². The number of anilines is 1. The van der Waals surface area contributed by atoms with Crippen LogP contribution in [0.2, 0.25) is 10.0 Å². The molecule has 0 aliphatic rings. The van der Waals surface area contributed by atoms with Crippen LogP contribution in [-0.2, 0) is 11.2 Å². The number of primary amides is 1. The Morgan fingerprint density at radius 3 is 2.64 bits per heavy atom. The van der Waals surface area contributed by atoms with E-state index in [1.54, 1.807) is 49.5 Å². The summed E-state index contributed by atoms with van der Waals surface area (Å²) in [5.74, 6) is 0.234. The van der Waals surface area contributed by atoms with Gasteiger partial charge in [0, 0.05) is 34.7 Å². The average molecular weight is 418 g/mol. The van der Waals surface area contributed by atoms with Crippen molar-refractivity contribution in [3.8, 4) is 11.3 Å². The molecule has 28 heavy (non-hydrogen) atoms. The zero-order chi connectivity index (χ0) is 20.3. The quantitative estimate of drug-likeness (QED) is 0.610. The number of carbonyl (C=O) groups excluding carboxylic acids is 2. The van der Waals surface area contributed by atoms with Gasteiger partial charge in [0.25, 0.3) is 0 Å². The van der Waals surface area contributed by atoms with Gasteiger partial charge < -0.3 is 15.5 Å². The Bertz CT molecular complexity index is 1050. The predicted octanol–water partition coefficient (Wildman–Crippen LogP) is 4.63. The molecule has 1 heterocycles. The molecule has 144 valence electrons. The van der Waals surface area contributed by atoms with Gasteiger partial charge in [0.1, 0.15) is 0 Å². The van der Waals surface area contributed by atoms with E-state index < -0.39 is 5.91 Å². The minimum Gasteiger partial charge on any atom is -0.441 e. The maximum absolute atomic E-state index is 12.2. The highest BCUT2D eigenvalue weighted by Gasteiger charge is 2.12. The number of benzene rings is 2. The van der Waals surface area contributed by atoms with Crippen LogP contribution in [0.5, 0.6) is 0 Å². The van der Waals surface area contributed by atoms with Crippen LogP contribution in [0.25, 0.3) is 11.3 Å². The van der Waals surface area contributed by atoms with Gasteiger partial charge in [-0.1, -0.05) is 23.2 Å². The van der Waals surface area contributed by atoms with Crippen LogP contribution in [0.4, 0.5) is 5.69 Å². The first kappa shape index (κ1) is 19.9. The fraction of sp³-hybridized carbons (Fsp3) is 0.150. The van der Waals surface area contributed by atoms with Crippen molar-refractivity contribution in [1.82, 2.24) is 4.98 Å². The molecule has 0 spiro atoms. The van der Waals surface area contributed by atoms with E-state index in [1.165, 1.54) is 0 Å². The molecule has 3 rings (SSSR count). The molecule has 2 amide bonds. The third kappa shape index (κ3) is 4.71. The summed E-state index contributed by atoms with van der Waals surface area (Å²) in [5, 5.41) is 3.77. The molecule has 0 fully saturated rings. The normalized spacial score (nSPS) is 10.7. The van der Waals surface area contributed by atoms with Gasteiger partial charge in [-0.3, -0.25) is 9.59 Å². The van der Waals surface area contributed by atoms with Crippen LogP contribution >= 0.6 is 23.2 Å². The van der Waals surface area contributed by atoms with E-state index in [9.17, 15) is 9.59 Å². The van der Waals surface area contributed by atoms with Gasteiger partial charge in [-0.25, -0.2) is 4.98 Å². The van der Waals surface area contributed by atoms with E-state index in [0.717, 1.165) is 0 Å². The second-order valence-electron chi connectivity index (χ2n) is 6.18. The van der Waals surface area contributed by atoms with Crippen molar-refractivity contribution in [2.75, 3.05) is 5.32 Å². The van der Waals surface area contributed by atoms with Gasteiger partial charge in [-0.05, 0) is 48.9 Å². The molecule has 0 unspecified atom stereocenters. The van der Waals surface area contributed by atoms with Crippen LogP contribution in [0, 0.1) is 6.92 Å². The topological polar surface area (TPSA) is 98.2 Å². The molecule has 0 bridgehead atoms. The van der Waals surface area contributed by atoms with Crippen molar-refractivity contribution in [3.63, 3.8) is 0 Å². The Hall–Kier alpha value is -2.83. The number of aromatic nitrogens is 1. The molecule has 0 saturated carbocycles. The lowest BCUT2D eigenvalue weighted by atomic mass is 10.1. The number of carbonyl (C=O) groups is 2. The number of hydrogen-bond donors (Lipinski definition) is 2. The number of oxazole rings is 1. The monoisotopic (exact) mass is 417 g/mol. The predicted molar refractivity (Wildman–Crippen MR) is 109 cm³/mol. The molecular weight excluding hydrogens is 401 g/mol. The van der Waals surface area contributed by atoms with Gasteiger partial charge in [-0.2, -0.15) is 0 Å². The maximum Gasteiger partial charge on any atom is 0.248 e. The van der Waals surface area contributed by atoms with Crippen molar-refractivity contribution in [1.29, 1.82) is 0 Å². The molecule has 0 atom stereocenters. The highest BCUT2D eigenvalue weighted by molar-refractivity contribution is 6.36. The van der Waals surface area contributed by atoms with Crippen molar-refractivity contribution < 1.29 is 14.0 Å². The summed E-state index contributed by atoms with van der Waals surface area (Å²) in [6.45, 7) is 1.76. The van der Waals surface area contributed by atoms with E-state index >= 15 is 0 Å². The van der Waals surface area contributed by atoms with Crippen molar-refractivity contribution in [2.24, 2.45) is 5.73 Å². The molecule has 6 nitrogen and oxygen atoms in total. The lowest BCUT2D eigenvalue weighted by Gasteiger charge is -2.07. The first-order valence-electron chi connectivity index (χ1n) is 8.44. The fourth-order valence-corrected chi connectivity index (χ4v) is 3.20. The molecule has 2 aromatic carbocycles. The summed E-state index contributed by atoms with van der Waals surface area (Å²) in [5.41, 5.74) is 7.67. The number of rotatable bonds is 6. The lowest BCUT2D eigenvalue weighted by molar-refractivity contribution is -0.116. The number of halogens is 2. The highest BCUT2D eigenvalue weighted by atomic mass is 35.5. The summed E-state index contributed by atoms with van der Waals surface area (Å²) < 4.78 is 5.68. The summed E-state index contributed by atoms with van der Waals surface area (Å²) in [7, 11) is 0. The molecule has 3 N–H and O–H groups in total. The Morgan fingerprint density at radius 2 is 1.96 bits per heavy atom. The van der Waals surface area contributed by atoms with Gasteiger partial charge in [-0.15, -0.1) is 0 Å². The van der Waals surface area contributed by atoms with E-state index in [0.29, 0.717) is 50.5 Å². The van der Waals surface area contributed by atoms with Gasteiger partial charge >= 0.3 is 0 Å². The number of hydrogen-bond acceptors (Lipinski definition) is 4. The number of nitrogens with two attached hydrogens (primary N) is 1. The zero-order valence-corrected chi connectivity index (χ0v) is 16.5. The SMILES string of the molecule is Cc1cc(NC(=O)CCc2ncc(-c3ccc(Cl)cc3Cl)o2)ccc1C(N)=O. The molecule has 3 aromatic rings. The Kier molecular flexibility index (Phi) is 6.02. The summed E-state index contributed by atoms with van der Waals surface area (Å²) in [4.78, 5) is 27.6. The minimum absolute atomic E-state index is 0.185. The molecule has 0 aliphatic carbocycles. The number of nitrogens with zero attached hydrogens (tertiary/aromatic N) is 1. The number of aryl methyl sites for hydroxylation is 2. The third-order valence-corrected chi connectivity index (χ3v) is 4.64. The summed E-state index contributed by atoms with van der Waals surface area (Å²) in [6.07, 6.45) is 2.08. The smallest absolute Gasteiger partial charge is 0.248 e. The molecule has 0 saturated heterocycles. The average Bonchev–Trinajstić information content (AvgIpc) is 3.08. The molecule has 0 radical (unpaired) electrons.